The Kier molecular flexibility index (Phi) is 5.17. The van der Waals surface area contributed by atoms with Gasteiger partial charge in [0, 0.05) is 37.3 Å². The molecule has 6 heteroatoms. The van der Waals surface area contributed by atoms with Crippen molar-refractivity contribution < 1.29 is 14.0 Å². The van der Waals surface area contributed by atoms with Crippen molar-refractivity contribution in [2.24, 2.45) is 5.92 Å². The van der Waals surface area contributed by atoms with Crippen LogP contribution in [-0.2, 0) is 4.79 Å². The zero-order valence-corrected chi connectivity index (χ0v) is 16.5. The fourth-order valence-electron chi connectivity index (χ4n) is 4.29. The molecule has 2 fully saturated rings. The van der Waals surface area contributed by atoms with Gasteiger partial charge in [-0.15, -0.1) is 11.3 Å². The number of hydrogen-bond acceptors (Lipinski definition) is 3. The predicted molar refractivity (Wildman–Crippen MR) is 106 cm³/mol. The van der Waals surface area contributed by atoms with E-state index in [9.17, 15) is 14.0 Å². The molecule has 0 N–H and O–H groups in total. The van der Waals surface area contributed by atoms with Gasteiger partial charge in [-0.05, 0) is 54.8 Å². The van der Waals surface area contributed by atoms with Gasteiger partial charge >= 0.3 is 0 Å². The smallest absolute Gasteiger partial charge is 0.264 e. The van der Waals surface area contributed by atoms with E-state index < -0.39 is 0 Å². The van der Waals surface area contributed by atoms with Gasteiger partial charge in [-0.3, -0.25) is 9.59 Å². The number of carbonyl (C=O) groups is 2. The molecule has 144 valence electrons. The summed E-state index contributed by atoms with van der Waals surface area (Å²) in [5, 5.41) is 0.814. The zero-order valence-electron chi connectivity index (χ0n) is 15.7. The van der Waals surface area contributed by atoms with Gasteiger partial charge in [0.25, 0.3) is 5.91 Å². The molecular weight excluding hydrogens is 363 g/mol. The van der Waals surface area contributed by atoms with Gasteiger partial charge in [-0.1, -0.05) is 12.8 Å². The molecule has 1 aliphatic carbocycles. The van der Waals surface area contributed by atoms with Gasteiger partial charge in [-0.2, -0.15) is 0 Å². The average Bonchev–Trinajstić information content (AvgIpc) is 3.29. The largest absolute Gasteiger partial charge is 0.339 e. The minimum Gasteiger partial charge on any atom is -0.339 e. The van der Waals surface area contributed by atoms with E-state index in [0.29, 0.717) is 43.4 Å². The van der Waals surface area contributed by atoms with Crippen LogP contribution in [0, 0.1) is 18.7 Å². The maximum absolute atomic E-state index is 13.5. The van der Waals surface area contributed by atoms with E-state index in [-0.39, 0.29) is 17.6 Å². The van der Waals surface area contributed by atoms with Gasteiger partial charge < -0.3 is 9.80 Å². The van der Waals surface area contributed by atoms with Crippen LogP contribution in [0.3, 0.4) is 0 Å². The minimum atomic E-state index is -0.281. The van der Waals surface area contributed by atoms with E-state index in [1.54, 1.807) is 6.07 Å². The summed E-state index contributed by atoms with van der Waals surface area (Å²) in [4.78, 5) is 29.9. The second kappa shape index (κ2) is 7.58. The third kappa shape index (κ3) is 3.72. The van der Waals surface area contributed by atoms with Gasteiger partial charge in [0.2, 0.25) is 5.91 Å². The van der Waals surface area contributed by atoms with Crippen LogP contribution < -0.4 is 0 Å². The van der Waals surface area contributed by atoms with Crippen LogP contribution in [0.15, 0.2) is 18.2 Å². The first kappa shape index (κ1) is 18.4. The summed E-state index contributed by atoms with van der Waals surface area (Å²) in [5.74, 6) is 0.509. The Morgan fingerprint density at radius 3 is 2.48 bits per heavy atom. The van der Waals surface area contributed by atoms with E-state index in [4.69, 9.17) is 0 Å². The molecule has 1 saturated carbocycles. The third-order valence-electron chi connectivity index (χ3n) is 5.95. The lowest BCUT2D eigenvalue weighted by molar-refractivity contribution is -0.133. The summed E-state index contributed by atoms with van der Waals surface area (Å²) in [5.41, 5.74) is 0.847. The quantitative estimate of drug-likeness (QED) is 0.790. The highest BCUT2D eigenvalue weighted by Gasteiger charge is 2.28. The molecule has 0 atom stereocenters. The summed E-state index contributed by atoms with van der Waals surface area (Å²) in [6, 6.07) is 4.66. The van der Waals surface area contributed by atoms with Crippen LogP contribution in [0.25, 0.3) is 10.1 Å². The lowest BCUT2D eigenvalue weighted by atomic mass is 10.0. The average molecular weight is 389 g/mol. The summed E-state index contributed by atoms with van der Waals surface area (Å²) in [6.07, 6.45) is 5.51. The molecule has 1 aromatic heterocycles. The number of amides is 2. The molecule has 0 unspecified atom stereocenters. The number of hydrogen-bond donors (Lipinski definition) is 0. The van der Waals surface area contributed by atoms with E-state index in [1.165, 1.54) is 49.2 Å². The molecule has 2 aromatic rings. The molecule has 4 rings (SSSR count). The van der Waals surface area contributed by atoms with E-state index in [2.05, 4.69) is 0 Å². The first-order valence-electron chi connectivity index (χ1n) is 9.78. The summed E-state index contributed by atoms with van der Waals surface area (Å²) in [6.45, 7) is 4.23. The Labute approximate surface area is 162 Å². The van der Waals surface area contributed by atoms with Gasteiger partial charge in [-0.25, -0.2) is 4.39 Å². The topological polar surface area (TPSA) is 40.6 Å². The number of piperazine rings is 1. The number of carbonyl (C=O) groups excluding carboxylic acids is 2. The second-order valence-corrected chi connectivity index (χ2v) is 8.78. The van der Waals surface area contributed by atoms with Crippen LogP contribution in [-0.4, -0.2) is 47.8 Å². The molecule has 1 aromatic carbocycles. The fraction of sp³-hybridized carbons (Fsp3) is 0.524. The number of nitrogens with zero attached hydrogens (tertiary/aromatic N) is 2. The highest BCUT2D eigenvalue weighted by atomic mass is 32.1. The normalized spacial score (nSPS) is 18.4. The number of fused-ring (bicyclic) bond motifs is 1. The lowest BCUT2D eigenvalue weighted by Gasteiger charge is -2.35. The molecule has 4 nitrogen and oxygen atoms in total. The fourth-order valence-corrected chi connectivity index (χ4v) is 5.45. The maximum Gasteiger partial charge on any atom is 0.264 e. The molecule has 1 aliphatic heterocycles. The van der Waals surface area contributed by atoms with E-state index in [0.717, 1.165) is 15.6 Å². The highest BCUT2D eigenvalue weighted by molar-refractivity contribution is 7.21. The van der Waals surface area contributed by atoms with Gasteiger partial charge in [0.1, 0.15) is 5.82 Å². The highest BCUT2D eigenvalue weighted by Crippen LogP contribution is 2.32. The van der Waals surface area contributed by atoms with Crippen molar-refractivity contribution in [3.8, 4) is 0 Å². The van der Waals surface area contributed by atoms with Crippen LogP contribution in [0.1, 0.15) is 47.3 Å². The number of thiophene rings is 1. The number of aryl methyl sites for hydroxylation is 1. The van der Waals surface area contributed by atoms with Crippen molar-refractivity contribution in [1.82, 2.24) is 9.80 Å². The predicted octanol–water partition coefficient (Wildman–Crippen LogP) is 4.21. The van der Waals surface area contributed by atoms with Crippen molar-refractivity contribution in [2.45, 2.75) is 39.0 Å². The Balaban J connectivity index is 1.40. The standard InChI is InChI=1S/C21H25FN2O2S/c1-14-17-13-16(22)6-7-18(17)27-20(14)21(26)24-10-8-23(9-11-24)19(25)12-15-4-2-3-5-15/h6-7,13,15H,2-5,8-12H2,1H3. The number of halogens is 1. The summed E-state index contributed by atoms with van der Waals surface area (Å²) in [7, 11) is 0. The maximum atomic E-state index is 13.5. The molecular formula is C21H25FN2O2S. The van der Waals surface area contributed by atoms with Crippen LogP contribution >= 0.6 is 11.3 Å². The van der Waals surface area contributed by atoms with Crippen LogP contribution in [0.5, 0.6) is 0 Å². The summed E-state index contributed by atoms with van der Waals surface area (Å²) < 4.78 is 14.5. The Morgan fingerprint density at radius 2 is 1.78 bits per heavy atom. The Morgan fingerprint density at radius 1 is 1.11 bits per heavy atom. The van der Waals surface area contributed by atoms with Crippen molar-refractivity contribution >= 4 is 33.2 Å². The van der Waals surface area contributed by atoms with Crippen LogP contribution in [0.2, 0.25) is 0 Å². The number of rotatable bonds is 3. The molecule has 0 bridgehead atoms. The molecule has 0 spiro atoms. The number of benzene rings is 1. The third-order valence-corrected chi connectivity index (χ3v) is 7.21. The van der Waals surface area contributed by atoms with Gasteiger partial charge in [0.15, 0.2) is 0 Å². The molecule has 1 saturated heterocycles. The molecule has 0 radical (unpaired) electrons. The van der Waals surface area contributed by atoms with Crippen molar-refractivity contribution in [3.63, 3.8) is 0 Å². The van der Waals surface area contributed by atoms with Crippen molar-refractivity contribution in [3.05, 3.63) is 34.5 Å². The first-order chi connectivity index (χ1) is 13.0. The van der Waals surface area contributed by atoms with Gasteiger partial charge in [0.05, 0.1) is 4.88 Å². The Hall–Kier alpha value is -1.95. The van der Waals surface area contributed by atoms with Crippen LogP contribution in [0.4, 0.5) is 4.39 Å². The van der Waals surface area contributed by atoms with E-state index in [1.807, 2.05) is 16.7 Å². The monoisotopic (exact) mass is 388 g/mol. The molecule has 27 heavy (non-hydrogen) atoms. The first-order valence-corrected chi connectivity index (χ1v) is 10.6. The summed E-state index contributed by atoms with van der Waals surface area (Å²) >= 11 is 1.42. The molecule has 2 heterocycles. The SMILES string of the molecule is Cc1c(C(=O)N2CCN(C(=O)CC3CCCC3)CC2)sc2ccc(F)cc12. The lowest BCUT2D eigenvalue weighted by Crippen LogP contribution is -2.50. The second-order valence-electron chi connectivity index (χ2n) is 7.72. The minimum absolute atomic E-state index is 0.00278. The van der Waals surface area contributed by atoms with Crippen molar-refractivity contribution in [1.29, 1.82) is 0 Å². The van der Waals surface area contributed by atoms with E-state index >= 15 is 0 Å². The molecule has 2 amide bonds. The van der Waals surface area contributed by atoms with Crippen molar-refractivity contribution in [2.75, 3.05) is 26.2 Å². The Bertz CT molecular complexity index is 864. The zero-order chi connectivity index (χ0) is 19.0. The molecule has 2 aliphatic rings.